The second kappa shape index (κ2) is 5.65. The average Bonchev–Trinajstić information content (AvgIpc) is 2.26. The number of alkyl halides is 1. The van der Waals surface area contributed by atoms with Crippen LogP contribution in [0.3, 0.4) is 0 Å². The van der Waals surface area contributed by atoms with Gasteiger partial charge in [0.1, 0.15) is 0 Å². The summed E-state index contributed by atoms with van der Waals surface area (Å²) in [5, 5.41) is 2.73. The summed E-state index contributed by atoms with van der Waals surface area (Å²) in [6, 6.07) is 6.87. The number of amides is 2. The van der Waals surface area contributed by atoms with E-state index in [1.54, 1.807) is 25.1 Å². The van der Waals surface area contributed by atoms with Crippen molar-refractivity contribution >= 4 is 27.7 Å². The van der Waals surface area contributed by atoms with Crippen molar-refractivity contribution in [3.63, 3.8) is 0 Å². The lowest BCUT2D eigenvalue weighted by atomic mass is 10.1. The van der Waals surface area contributed by atoms with Gasteiger partial charge in [-0.3, -0.25) is 9.59 Å². The van der Waals surface area contributed by atoms with Crippen LogP contribution in [0.5, 0.6) is 0 Å². The molecule has 0 spiro atoms. The van der Waals surface area contributed by atoms with Crippen LogP contribution in [-0.4, -0.2) is 16.6 Å². The fourth-order valence-corrected chi connectivity index (χ4v) is 1.33. The quantitative estimate of drug-likeness (QED) is 0.815. The summed E-state index contributed by atoms with van der Waals surface area (Å²) in [5.41, 5.74) is 6.44. The third-order valence-electron chi connectivity index (χ3n) is 2.04. The number of rotatable bonds is 4. The van der Waals surface area contributed by atoms with Crippen LogP contribution in [0.1, 0.15) is 22.8 Å². The van der Waals surface area contributed by atoms with E-state index in [0.717, 1.165) is 5.56 Å². The topological polar surface area (TPSA) is 72.2 Å². The molecule has 3 N–H and O–H groups in total. The van der Waals surface area contributed by atoms with Gasteiger partial charge in [0.25, 0.3) is 0 Å². The van der Waals surface area contributed by atoms with Crippen LogP contribution >= 0.6 is 15.9 Å². The van der Waals surface area contributed by atoms with Crippen LogP contribution in [0.2, 0.25) is 0 Å². The maximum Gasteiger partial charge on any atom is 0.248 e. The standard InChI is InChI=1S/C11H13BrN2O2/c1-7(12)11(16)14-6-8-3-2-4-9(5-8)10(13)15/h2-5,7H,6H2,1H3,(H2,13,15)(H,14,16). The number of carbonyl (C=O) groups is 2. The van der Waals surface area contributed by atoms with Gasteiger partial charge in [0.05, 0.1) is 4.83 Å². The molecule has 0 saturated carbocycles. The van der Waals surface area contributed by atoms with E-state index < -0.39 is 5.91 Å². The van der Waals surface area contributed by atoms with E-state index in [1.807, 2.05) is 6.07 Å². The van der Waals surface area contributed by atoms with Crippen molar-refractivity contribution in [1.29, 1.82) is 0 Å². The van der Waals surface area contributed by atoms with Crippen LogP contribution in [0.4, 0.5) is 0 Å². The molecule has 0 aliphatic rings. The molecule has 1 unspecified atom stereocenters. The minimum absolute atomic E-state index is 0.0931. The van der Waals surface area contributed by atoms with E-state index in [4.69, 9.17) is 5.73 Å². The highest BCUT2D eigenvalue weighted by atomic mass is 79.9. The smallest absolute Gasteiger partial charge is 0.248 e. The van der Waals surface area contributed by atoms with Gasteiger partial charge in [-0.15, -0.1) is 0 Å². The van der Waals surface area contributed by atoms with Crippen molar-refractivity contribution in [3.8, 4) is 0 Å². The van der Waals surface area contributed by atoms with Crippen LogP contribution < -0.4 is 11.1 Å². The van der Waals surface area contributed by atoms with Gasteiger partial charge in [-0.1, -0.05) is 28.1 Å². The minimum Gasteiger partial charge on any atom is -0.366 e. The lowest BCUT2D eigenvalue weighted by Gasteiger charge is -2.07. The monoisotopic (exact) mass is 284 g/mol. The first-order valence-corrected chi connectivity index (χ1v) is 5.73. The Bertz CT molecular complexity index is 405. The van der Waals surface area contributed by atoms with Gasteiger partial charge >= 0.3 is 0 Å². The van der Waals surface area contributed by atoms with E-state index in [0.29, 0.717) is 12.1 Å². The first kappa shape index (κ1) is 12.7. The fraction of sp³-hybridized carbons (Fsp3) is 0.273. The molecule has 0 saturated heterocycles. The summed E-state index contributed by atoms with van der Waals surface area (Å²) >= 11 is 3.16. The molecule has 1 aromatic rings. The third-order valence-corrected chi connectivity index (χ3v) is 2.46. The highest BCUT2D eigenvalue weighted by Gasteiger charge is 2.08. The number of hydrogen-bond donors (Lipinski definition) is 2. The summed E-state index contributed by atoms with van der Waals surface area (Å²) in [6.07, 6.45) is 0. The Kier molecular flexibility index (Phi) is 4.49. The zero-order chi connectivity index (χ0) is 12.1. The van der Waals surface area contributed by atoms with E-state index in [9.17, 15) is 9.59 Å². The normalized spacial score (nSPS) is 11.9. The SMILES string of the molecule is CC(Br)C(=O)NCc1cccc(C(N)=O)c1. The molecule has 4 nitrogen and oxygen atoms in total. The van der Waals surface area contributed by atoms with E-state index >= 15 is 0 Å². The van der Waals surface area contributed by atoms with Crippen LogP contribution in [0.15, 0.2) is 24.3 Å². The summed E-state index contributed by atoms with van der Waals surface area (Å²) in [5.74, 6) is -0.563. The van der Waals surface area contributed by atoms with Crippen molar-refractivity contribution in [1.82, 2.24) is 5.32 Å². The van der Waals surface area contributed by atoms with E-state index in [-0.39, 0.29) is 10.7 Å². The number of hydrogen-bond acceptors (Lipinski definition) is 2. The van der Waals surface area contributed by atoms with Gasteiger partial charge in [0, 0.05) is 12.1 Å². The molecule has 0 aromatic heterocycles. The second-order valence-corrected chi connectivity index (χ2v) is 4.77. The van der Waals surface area contributed by atoms with Crippen molar-refractivity contribution in [2.24, 2.45) is 5.73 Å². The molecule has 1 atom stereocenters. The molecule has 5 heteroatoms. The van der Waals surface area contributed by atoms with Gasteiger partial charge in [0.2, 0.25) is 11.8 Å². The molecule has 86 valence electrons. The molecule has 0 radical (unpaired) electrons. The van der Waals surface area contributed by atoms with Gasteiger partial charge in [0.15, 0.2) is 0 Å². The molecular weight excluding hydrogens is 272 g/mol. The van der Waals surface area contributed by atoms with Gasteiger partial charge in [-0.2, -0.15) is 0 Å². The molecule has 0 heterocycles. The summed E-state index contributed by atoms with van der Waals surface area (Å²) in [6.45, 7) is 2.13. The molecule has 0 aliphatic heterocycles. The maximum atomic E-state index is 11.3. The largest absolute Gasteiger partial charge is 0.366 e. The highest BCUT2D eigenvalue weighted by molar-refractivity contribution is 9.10. The number of benzene rings is 1. The van der Waals surface area contributed by atoms with Crippen LogP contribution in [0, 0.1) is 0 Å². The highest BCUT2D eigenvalue weighted by Crippen LogP contribution is 2.05. The second-order valence-electron chi connectivity index (χ2n) is 3.40. The molecule has 1 aromatic carbocycles. The first-order valence-electron chi connectivity index (χ1n) is 4.81. The predicted molar refractivity (Wildman–Crippen MR) is 65.2 cm³/mol. The Morgan fingerprint density at radius 2 is 2.19 bits per heavy atom. The Labute approximate surface area is 102 Å². The summed E-state index contributed by atoms with van der Waals surface area (Å²) in [7, 11) is 0. The zero-order valence-electron chi connectivity index (χ0n) is 8.87. The number of nitrogens with one attached hydrogen (secondary N) is 1. The molecule has 0 aliphatic carbocycles. The molecule has 16 heavy (non-hydrogen) atoms. The number of carbonyl (C=O) groups excluding carboxylic acids is 2. The third kappa shape index (κ3) is 3.66. The van der Waals surface area contributed by atoms with Crippen molar-refractivity contribution in [2.45, 2.75) is 18.3 Å². The first-order chi connectivity index (χ1) is 7.50. The van der Waals surface area contributed by atoms with Crippen LogP contribution in [-0.2, 0) is 11.3 Å². The Morgan fingerprint density at radius 1 is 1.50 bits per heavy atom. The van der Waals surface area contributed by atoms with Crippen molar-refractivity contribution in [2.75, 3.05) is 0 Å². The Morgan fingerprint density at radius 3 is 2.75 bits per heavy atom. The molecule has 0 fully saturated rings. The van der Waals surface area contributed by atoms with Gasteiger partial charge < -0.3 is 11.1 Å². The van der Waals surface area contributed by atoms with Crippen LogP contribution in [0.25, 0.3) is 0 Å². The lowest BCUT2D eigenvalue weighted by molar-refractivity contribution is -0.120. The van der Waals surface area contributed by atoms with Crippen molar-refractivity contribution < 1.29 is 9.59 Å². The predicted octanol–water partition coefficient (Wildman–Crippen LogP) is 1.19. The molecule has 2 amide bonds. The van der Waals surface area contributed by atoms with E-state index in [1.165, 1.54) is 0 Å². The number of halogens is 1. The molecular formula is C11H13BrN2O2. The van der Waals surface area contributed by atoms with E-state index in [2.05, 4.69) is 21.2 Å². The average molecular weight is 285 g/mol. The van der Waals surface area contributed by atoms with Gasteiger partial charge in [-0.05, 0) is 24.6 Å². The zero-order valence-corrected chi connectivity index (χ0v) is 10.5. The summed E-state index contributed by atoms with van der Waals surface area (Å²) < 4.78 is 0. The summed E-state index contributed by atoms with van der Waals surface area (Å²) in [4.78, 5) is 22.0. The fourth-order valence-electron chi connectivity index (χ4n) is 1.16. The number of primary amides is 1. The number of nitrogens with two attached hydrogens (primary N) is 1. The maximum absolute atomic E-state index is 11.3. The minimum atomic E-state index is -0.470. The van der Waals surface area contributed by atoms with Gasteiger partial charge in [-0.25, -0.2) is 0 Å². The molecule has 1 rings (SSSR count). The van der Waals surface area contributed by atoms with Crippen molar-refractivity contribution in [3.05, 3.63) is 35.4 Å². The Hall–Kier alpha value is -1.36. The molecule has 0 bridgehead atoms. The lowest BCUT2D eigenvalue weighted by Crippen LogP contribution is -2.28. The Balaban J connectivity index is 2.64.